The maximum Gasteiger partial charge on any atom is 0.326 e. The summed E-state index contributed by atoms with van der Waals surface area (Å²) in [7, 11) is 0. The summed E-state index contributed by atoms with van der Waals surface area (Å²) in [5, 5.41) is 20.3. The van der Waals surface area contributed by atoms with E-state index < -0.39 is 23.9 Å². The zero-order chi connectivity index (χ0) is 24.1. The second-order valence-corrected chi connectivity index (χ2v) is 7.60. The van der Waals surface area contributed by atoms with E-state index in [4.69, 9.17) is 21.0 Å². The lowest BCUT2D eigenvalue weighted by Gasteiger charge is -2.14. The number of rotatable bonds is 11. The zero-order valence-electron chi connectivity index (χ0n) is 18.0. The zero-order valence-corrected chi connectivity index (χ0v) is 18.0. The van der Waals surface area contributed by atoms with Gasteiger partial charge in [0.2, 0.25) is 5.95 Å². The third kappa shape index (κ3) is 5.59. The highest BCUT2D eigenvalue weighted by Gasteiger charge is 2.24. The molecule has 0 saturated heterocycles. The summed E-state index contributed by atoms with van der Waals surface area (Å²) in [6.07, 6.45) is 2.66. The van der Waals surface area contributed by atoms with Gasteiger partial charge in [0, 0.05) is 25.1 Å². The second-order valence-electron chi connectivity index (χ2n) is 7.60. The molecule has 2 atom stereocenters. The lowest BCUT2D eigenvalue weighted by atomic mass is 9.99. The number of hydrogen-bond donors (Lipinski definition) is 5. The van der Waals surface area contributed by atoms with E-state index in [2.05, 4.69) is 15.3 Å². The molecular formula is C21H26N6O6. The molecule has 7 N–H and O–H groups in total. The highest BCUT2D eigenvalue weighted by molar-refractivity contribution is 5.94. The molecule has 0 aliphatic heterocycles. The van der Waals surface area contributed by atoms with E-state index in [0.717, 1.165) is 6.42 Å². The summed E-state index contributed by atoms with van der Waals surface area (Å²) >= 11 is 0. The predicted octanol–water partition coefficient (Wildman–Crippen LogP) is 1.82. The molecule has 3 rings (SSSR count). The molecule has 0 radical (unpaired) electrons. The number of anilines is 2. The lowest BCUT2D eigenvalue weighted by Crippen LogP contribution is -2.41. The minimum absolute atomic E-state index is 0.0118. The Balaban J connectivity index is 1.67. The van der Waals surface area contributed by atoms with Crippen molar-refractivity contribution < 1.29 is 29.0 Å². The molecule has 3 aromatic rings. The van der Waals surface area contributed by atoms with E-state index in [1.807, 2.05) is 23.8 Å². The van der Waals surface area contributed by atoms with E-state index >= 15 is 0 Å². The fourth-order valence-corrected chi connectivity index (χ4v) is 3.63. The van der Waals surface area contributed by atoms with Crippen LogP contribution in [0, 0.1) is 0 Å². The number of aromatic nitrogens is 3. The normalized spacial score (nSPS) is 13.0. The van der Waals surface area contributed by atoms with Crippen molar-refractivity contribution in [2.45, 2.75) is 51.1 Å². The maximum atomic E-state index is 12.4. The Morgan fingerprint density at radius 3 is 2.58 bits per heavy atom. The average Bonchev–Trinajstić information content (AvgIpc) is 3.39. The van der Waals surface area contributed by atoms with Crippen molar-refractivity contribution in [3.05, 3.63) is 35.9 Å². The van der Waals surface area contributed by atoms with Gasteiger partial charge in [-0.05, 0) is 37.5 Å². The molecule has 12 heteroatoms. The first-order valence-electron chi connectivity index (χ1n) is 10.4. The summed E-state index contributed by atoms with van der Waals surface area (Å²) in [6.45, 7) is 2.59. The van der Waals surface area contributed by atoms with Crippen molar-refractivity contribution in [3.8, 4) is 0 Å². The number of carbonyl (C=O) groups excluding carboxylic acids is 1. The molecule has 3 heterocycles. The Morgan fingerprint density at radius 1 is 1.15 bits per heavy atom. The molecule has 0 fully saturated rings. The van der Waals surface area contributed by atoms with Gasteiger partial charge in [0.15, 0.2) is 11.6 Å². The Bertz CT molecular complexity index is 1170. The summed E-state index contributed by atoms with van der Waals surface area (Å²) < 4.78 is 7.64. The quantitative estimate of drug-likeness (QED) is 0.282. The first kappa shape index (κ1) is 23.6. The van der Waals surface area contributed by atoms with Crippen molar-refractivity contribution in [1.29, 1.82) is 0 Å². The Morgan fingerprint density at radius 2 is 1.91 bits per heavy atom. The Hall–Kier alpha value is -4.09. The maximum absolute atomic E-state index is 12.4. The van der Waals surface area contributed by atoms with Gasteiger partial charge in [0.1, 0.15) is 17.3 Å². The molecular weight excluding hydrogens is 432 g/mol. The van der Waals surface area contributed by atoms with E-state index in [9.17, 15) is 19.5 Å². The van der Waals surface area contributed by atoms with Crippen LogP contribution in [0.1, 0.15) is 54.8 Å². The van der Waals surface area contributed by atoms with Gasteiger partial charge in [0.25, 0.3) is 5.91 Å². The van der Waals surface area contributed by atoms with Crippen molar-refractivity contribution in [3.63, 3.8) is 0 Å². The van der Waals surface area contributed by atoms with Crippen LogP contribution in [0.2, 0.25) is 0 Å². The minimum atomic E-state index is -1.33. The minimum Gasteiger partial charge on any atom is -0.481 e. The van der Waals surface area contributed by atoms with Crippen molar-refractivity contribution in [1.82, 2.24) is 19.9 Å². The average molecular weight is 458 g/mol. The molecule has 33 heavy (non-hydrogen) atoms. The molecule has 0 bridgehead atoms. The number of carboxylic acids is 2. The van der Waals surface area contributed by atoms with Crippen LogP contribution in [0.3, 0.4) is 0 Å². The van der Waals surface area contributed by atoms with Crippen LogP contribution in [0.4, 0.5) is 11.8 Å². The molecule has 0 aliphatic carbocycles. The Kier molecular flexibility index (Phi) is 7.16. The van der Waals surface area contributed by atoms with Crippen LogP contribution in [0.15, 0.2) is 28.8 Å². The molecule has 0 spiro atoms. The number of carbonyl (C=O) groups is 3. The van der Waals surface area contributed by atoms with Gasteiger partial charge in [-0.2, -0.15) is 4.98 Å². The van der Waals surface area contributed by atoms with Crippen LogP contribution in [0.5, 0.6) is 0 Å². The van der Waals surface area contributed by atoms with Crippen LogP contribution >= 0.6 is 0 Å². The molecule has 0 aromatic carbocycles. The number of hydrogen-bond acceptors (Lipinski definition) is 8. The number of furan rings is 1. The van der Waals surface area contributed by atoms with Gasteiger partial charge in [-0.1, -0.05) is 6.92 Å². The smallest absolute Gasteiger partial charge is 0.326 e. The van der Waals surface area contributed by atoms with E-state index in [0.29, 0.717) is 35.6 Å². The number of nitrogens with two attached hydrogens (primary N) is 2. The molecule has 3 aromatic heterocycles. The SMILES string of the molecule is CCC(CCn1ccc2nc(N)nc(N)c21)c1ccc(C(=O)N[C@H](CCC(=O)O)C(=O)O)o1. The Labute approximate surface area is 188 Å². The van der Waals surface area contributed by atoms with Gasteiger partial charge in [0.05, 0.1) is 5.52 Å². The predicted molar refractivity (Wildman–Crippen MR) is 118 cm³/mol. The molecule has 12 nitrogen and oxygen atoms in total. The number of aryl methyl sites for hydroxylation is 1. The van der Waals surface area contributed by atoms with Crippen LogP contribution < -0.4 is 16.8 Å². The van der Waals surface area contributed by atoms with Gasteiger partial charge in [-0.3, -0.25) is 9.59 Å². The number of fused-ring (bicyclic) bond motifs is 1. The van der Waals surface area contributed by atoms with Crippen molar-refractivity contribution in [2.24, 2.45) is 0 Å². The molecule has 1 unspecified atom stereocenters. The first-order chi connectivity index (χ1) is 15.7. The highest BCUT2D eigenvalue weighted by Crippen LogP contribution is 2.28. The standard InChI is InChI=1S/C21H26N6O6/c1-2-11(7-9-27-10-8-12-17(27)18(22)26-21(23)25-12)14-4-5-15(33-14)19(30)24-13(20(31)32)3-6-16(28)29/h4-5,8,10-11,13H,2-3,6-7,9H2,1H3,(H,24,30)(H,28,29)(H,31,32)(H4,22,23,25,26)/t11?,13-/m1/s1. The topological polar surface area (TPSA) is 200 Å². The van der Waals surface area contributed by atoms with Crippen LogP contribution in [0.25, 0.3) is 11.0 Å². The fraction of sp³-hybridized carbons (Fsp3) is 0.381. The van der Waals surface area contributed by atoms with Crippen molar-refractivity contribution >= 4 is 40.6 Å². The van der Waals surface area contributed by atoms with E-state index in [-0.39, 0.29) is 30.5 Å². The van der Waals surface area contributed by atoms with E-state index in [1.165, 1.54) is 6.07 Å². The number of aliphatic carboxylic acids is 2. The third-order valence-electron chi connectivity index (χ3n) is 5.37. The van der Waals surface area contributed by atoms with Crippen molar-refractivity contribution in [2.75, 3.05) is 11.5 Å². The number of carboxylic acid groups (broad SMARTS) is 2. The molecule has 176 valence electrons. The monoisotopic (exact) mass is 458 g/mol. The first-order valence-corrected chi connectivity index (χ1v) is 10.4. The summed E-state index contributed by atoms with van der Waals surface area (Å²) in [4.78, 5) is 42.6. The summed E-state index contributed by atoms with van der Waals surface area (Å²) in [6, 6.07) is 3.64. The number of nitrogens with one attached hydrogen (secondary N) is 1. The third-order valence-corrected chi connectivity index (χ3v) is 5.37. The summed E-state index contributed by atoms with van der Waals surface area (Å²) in [5.41, 5.74) is 13.0. The van der Waals surface area contributed by atoms with Gasteiger partial charge < -0.3 is 36.0 Å². The second kappa shape index (κ2) is 10.0. The van der Waals surface area contributed by atoms with Gasteiger partial charge in [-0.15, -0.1) is 0 Å². The van der Waals surface area contributed by atoms with Crippen LogP contribution in [-0.4, -0.2) is 48.6 Å². The van der Waals surface area contributed by atoms with Gasteiger partial charge >= 0.3 is 11.9 Å². The molecule has 0 saturated carbocycles. The van der Waals surface area contributed by atoms with Crippen LogP contribution in [-0.2, 0) is 16.1 Å². The number of amides is 1. The number of nitrogens with zero attached hydrogens (tertiary/aromatic N) is 3. The van der Waals surface area contributed by atoms with E-state index in [1.54, 1.807) is 6.07 Å². The summed E-state index contributed by atoms with van der Waals surface area (Å²) in [5.74, 6) is -2.23. The largest absolute Gasteiger partial charge is 0.481 e. The molecule has 1 amide bonds. The fourth-order valence-electron chi connectivity index (χ4n) is 3.63. The lowest BCUT2D eigenvalue weighted by molar-refractivity contribution is -0.140. The van der Waals surface area contributed by atoms with Gasteiger partial charge in [-0.25, -0.2) is 9.78 Å². The number of nitrogen functional groups attached to an aromatic ring is 2. The molecule has 0 aliphatic rings. The highest BCUT2D eigenvalue weighted by atomic mass is 16.4.